The van der Waals surface area contributed by atoms with Gasteiger partial charge in [-0.15, -0.1) is 0 Å². The standard InChI is InChI=1S/C14H11IN2O/c1-8-6-11(12(7-16)14(18)17-8)10-4-3-5-13(15)9(10)2/h3-6H,1-2H3,(H,17,18). The second-order valence-corrected chi connectivity index (χ2v) is 5.26. The van der Waals surface area contributed by atoms with Crippen molar-refractivity contribution in [2.24, 2.45) is 0 Å². The summed E-state index contributed by atoms with van der Waals surface area (Å²) in [5.74, 6) is 0. The lowest BCUT2D eigenvalue weighted by molar-refractivity contribution is 1.13. The van der Waals surface area contributed by atoms with E-state index in [-0.39, 0.29) is 11.1 Å². The Balaban J connectivity index is 2.84. The first-order chi connectivity index (χ1) is 8.54. The normalized spacial score (nSPS) is 10.1. The summed E-state index contributed by atoms with van der Waals surface area (Å²) in [6.45, 7) is 3.81. The van der Waals surface area contributed by atoms with Gasteiger partial charge in [0.15, 0.2) is 0 Å². The Morgan fingerprint density at radius 2 is 2.00 bits per heavy atom. The van der Waals surface area contributed by atoms with Crippen LogP contribution in [0.15, 0.2) is 29.1 Å². The van der Waals surface area contributed by atoms with E-state index in [0.717, 1.165) is 20.4 Å². The number of hydrogen-bond donors (Lipinski definition) is 1. The molecule has 1 aromatic heterocycles. The fourth-order valence-electron chi connectivity index (χ4n) is 1.91. The van der Waals surface area contributed by atoms with Crippen LogP contribution in [0.3, 0.4) is 0 Å². The van der Waals surface area contributed by atoms with Crippen LogP contribution < -0.4 is 5.56 Å². The van der Waals surface area contributed by atoms with Crippen molar-refractivity contribution in [3.63, 3.8) is 0 Å². The van der Waals surface area contributed by atoms with Crippen LogP contribution >= 0.6 is 22.6 Å². The molecule has 0 bridgehead atoms. The Hall–Kier alpha value is -1.61. The summed E-state index contributed by atoms with van der Waals surface area (Å²) < 4.78 is 1.12. The lowest BCUT2D eigenvalue weighted by Gasteiger charge is -2.09. The molecule has 1 heterocycles. The largest absolute Gasteiger partial charge is 0.325 e. The molecule has 0 spiro atoms. The highest BCUT2D eigenvalue weighted by Gasteiger charge is 2.12. The second kappa shape index (κ2) is 4.94. The highest BCUT2D eigenvalue weighted by molar-refractivity contribution is 14.1. The van der Waals surface area contributed by atoms with E-state index >= 15 is 0 Å². The minimum absolute atomic E-state index is 0.172. The van der Waals surface area contributed by atoms with Gasteiger partial charge >= 0.3 is 0 Å². The molecule has 0 fully saturated rings. The van der Waals surface area contributed by atoms with E-state index in [4.69, 9.17) is 5.26 Å². The molecular weight excluding hydrogens is 339 g/mol. The van der Waals surface area contributed by atoms with Crippen LogP contribution in [0.1, 0.15) is 16.8 Å². The van der Waals surface area contributed by atoms with E-state index in [1.807, 2.05) is 44.2 Å². The van der Waals surface area contributed by atoms with E-state index < -0.39 is 0 Å². The molecule has 2 aromatic rings. The molecule has 0 atom stereocenters. The molecule has 3 nitrogen and oxygen atoms in total. The molecule has 0 aliphatic heterocycles. The van der Waals surface area contributed by atoms with Crippen molar-refractivity contribution in [3.8, 4) is 17.2 Å². The maximum Gasteiger partial charge on any atom is 0.266 e. The van der Waals surface area contributed by atoms with Crippen LogP contribution in [0.2, 0.25) is 0 Å². The molecule has 0 unspecified atom stereocenters. The van der Waals surface area contributed by atoms with Gasteiger partial charge in [0, 0.05) is 14.8 Å². The predicted octanol–water partition coefficient (Wildman–Crippen LogP) is 3.14. The van der Waals surface area contributed by atoms with Crippen molar-refractivity contribution < 1.29 is 0 Å². The van der Waals surface area contributed by atoms with Crippen LogP contribution in [0.4, 0.5) is 0 Å². The van der Waals surface area contributed by atoms with Crippen molar-refractivity contribution in [2.45, 2.75) is 13.8 Å². The minimum Gasteiger partial charge on any atom is -0.325 e. The third kappa shape index (κ3) is 2.18. The minimum atomic E-state index is -0.328. The molecule has 0 saturated carbocycles. The summed E-state index contributed by atoms with van der Waals surface area (Å²) in [6, 6.07) is 9.71. The van der Waals surface area contributed by atoms with E-state index in [0.29, 0.717) is 5.56 Å². The zero-order chi connectivity index (χ0) is 13.3. The van der Waals surface area contributed by atoms with Gasteiger partial charge in [-0.3, -0.25) is 4.79 Å². The van der Waals surface area contributed by atoms with Gasteiger partial charge in [-0.2, -0.15) is 5.26 Å². The van der Waals surface area contributed by atoms with Crippen LogP contribution in [0.25, 0.3) is 11.1 Å². The molecule has 0 aliphatic rings. The third-order valence-corrected chi connectivity index (χ3v) is 4.01. The van der Waals surface area contributed by atoms with Crippen LogP contribution in [0, 0.1) is 28.7 Å². The average molecular weight is 350 g/mol. The van der Waals surface area contributed by atoms with Gasteiger partial charge in [0.25, 0.3) is 5.56 Å². The van der Waals surface area contributed by atoms with E-state index in [1.54, 1.807) is 0 Å². The number of aryl methyl sites for hydroxylation is 1. The Kier molecular flexibility index (Phi) is 3.53. The Labute approximate surface area is 119 Å². The van der Waals surface area contributed by atoms with Gasteiger partial charge in [0.2, 0.25) is 0 Å². The van der Waals surface area contributed by atoms with E-state index in [2.05, 4.69) is 27.6 Å². The molecule has 4 heteroatoms. The molecule has 1 aromatic carbocycles. The fourth-order valence-corrected chi connectivity index (χ4v) is 2.41. The number of nitrogens with zero attached hydrogens (tertiary/aromatic N) is 1. The number of H-pyrrole nitrogens is 1. The summed E-state index contributed by atoms with van der Waals surface area (Å²) in [5, 5.41) is 9.14. The summed E-state index contributed by atoms with van der Waals surface area (Å²) >= 11 is 2.25. The van der Waals surface area contributed by atoms with Crippen LogP contribution in [-0.2, 0) is 0 Å². The predicted molar refractivity (Wildman–Crippen MR) is 79.4 cm³/mol. The highest BCUT2D eigenvalue weighted by Crippen LogP contribution is 2.28. The molecule has 1 N–H and O–H groups in total. The topological polar surface area (TPSA) is 56.6 Å². The van der Waals surface area contributed by atoms with Crippen LogP contribution in [-0.4, -0.2) is 4.98 Å². The van der Waals surface area contributed by atoms with Crippen molar-refractivity contribution in [3.05, 3.63) is 55.0 Å². The van der Waals surface area contributed by atoms with Gasteiger partial charge in [-0.05, 0) is 59.7 Å². The van der Waals surface area contributed by atoms with E-state index in [1.165, 1.54) is 0 Å². The Bertz CT molecular complexity index is 711. The summed E-state index contributed by atoms with van der Waals surface area (Å²) in [4.78, 5) is 14.4. The lowest BCUT2D eigenvalue weighted by Crippen LogP contribution is -2.13. The van der Waals surface area contributed by atoms with Crippen LogP contribution in [0.5, 0.6) is 0 Å². The molecular formula is C14H11IN2O. The quantitative estimate of drug-likeness (QED) is 0.804. The maximum absolute atomic E-state index is 11.8. The number of benzene rings is 1. The molecule has 0 amide bonds. The van der Waals surface area contributed by atoms with Gasteiger partial charge in [-0.25, -0.2) is 0 Å². The Morgan fingerprint density at radius 1 is 1.28 bits per heavy atom. The molecule has 0 radical (unpaired) electrons. The molecule has 0 aliphatic carbocycles. The SMILES string of the molecule is Cc1cc(-c2cccc(I)c2C)c(C#N)c(=O)[nH]1. The maximum atomic E-state index is 11.8. The number of pyridine rings is 1. The van der Waals surface area contributed by atoms with Crippen molar-refractivity contribution in [1.82, 2.24) is 4.98 Å². The monoisotopic (exact) mass is 350 g/mol. The van der Waals surface area contributed by atoms with Crippen molar-refractivity contribution >= 4 is 22.6 Å². The van der Waals surface area contributed by atoms with Gasteiger partial charge < -0.3 is 4.98 Å². The molecule has 18 heavy (non-hydrogen) atoms. The smallest absolute Gasteiger partial charge is 0.266 e. The number of nitriles is 1. The van der Waals surface area contributed by atoms with E-state index in [9.17, 15) is 4.79 Å². The third-order valence-electron chi connectivity index (χ3n) is 2.84. The van der Waals surface area contributed by atoms with Gasteiger partial charge in [-0.1, -0.05) is 12.1 Å². The average Bonchev–Trinajstić information content (AvgIpc) is 2.32. The lowest BCUT2D eigenvalue weighted by atomic mass is 9.97. The number of aromatic nitrogens is 1. The Morgan fingerprint density at radius 3 is 2.67 bits per heavy atom. The molecule has 2 rings (SSSR count). The first-order valence-corrected chi connectivity index (χ1v) is 6.52. The second-order valence-electron chi connectivity index (χ2n) is 4.09. The van der Waals surface area contributed by atoms with Crippen molar-refractivity contribution in [2.75, 3.05) is 0 Å². The number of aromatic amines is 1. The number of rotatable bonds is 1. The summed E-state index contributed by atoms with van der Waals surface area (Å²) in [7, 11) is 0. The number of halogens is 1. The summed E-state index contributed by atoms with van der Waals surface area (Å²) in [6.07, 6.45) is 0. The highest BCUT2D eigenvalue weighted by atomic mass is 127. The number of nitrogens with one attached hydrogen (secondary N) is 1. The zero-order valence-electron chi connectivity index (χ0n) is 10.0. The number of hydrogen-bond acceptors (Lipinski definition) is 2. The molecule has 0 saturated heterocycles. The zero-order valence-corrected chi connectivity index (χ0v) is 12.2. The van der Waals surface area contributed by atoms with Crippen molar-refractivity contribution in [1.29, 1.82) is 5.26 Å². The first kappa shape index (κ1) is 12.8. The first-order valence-electron chi connectivity index (χ1n) is 5.44. The molecule has 90 valence electrons. The fraction of sp³-hybridized carbons (Fsp3) is 0.143. The van der Waals surface area contributed by atoms with Gasteiger partial charge in [0.05, 0.1) is 0 Å². The summed E-state index contributed by atoms with van der Waals surface area (Å²) in [5.41, 5.74) is 3.32. The van der Waals surface area contributed by atoms with Gasteiger partial charge in [0.1, 0.15) is 11.6 Å².